The minimum atomic E-state index is -0.301. The van der Waals surface area contributed by atoms with Crippen LogP contribution in [0.4, 0.5) is 10.1 Å². The van der Waals surface area contributed by atoms with Crippen LogP contribution < -0.4 is 10.2 Å². The highest BCUT2D eigenvalue weighted by Gasteiger charge is 2.27. The average Bonchev–Trinajstić information content (AvgIpc) is 2.68. The number of hydrogen-bond donors (Lipinski definition) is 1. The molecule has 1 fully saturated rings. The van der Waals surface area contributed by atoms with Crippen molar-refractivity contribution < 1.29 is 13.9 Å². The summed E-state index contributed by atoms with van der Waals surface area (Å²) in [4.78, 5) is 12.0. The van der Waals surface area contributed by atoms with Crippen molar-refractivity contribution in [3.8, 4) is 0 Å². The van der Waals surface area contributed by atoms with Crippen LogP contribution in [0.3, 0.4) is 0 Å². The highest BCUT2D eigenvalue weighted by molar-refractivity contribution is 5.52. The Hall–Kier alpha value is -2.04. The number of rotatable bonds is 4. The fourth-order valence-corrected chi connectivity index (χ4v) is 1.78. The number of nitrogens with one attached hydrogen (secondary N) is 1. The Morgan fingerprint density at radius 2 is 2.47 bits per heavy atom. The Morgan fingerprint density at radius 1 is 1.65 bits per heavy atom. The molecule has 2 rings (SSSR count). The van der Waals surface area contributed by atoms with Gasteiger partial charge < -0.3 is 15.0 Å². The Balaban J connectivity index is 2.07. The van der Waals surface area contributed by atoms with E-state index in [2.05, 4.69) is 11.9 Å². The van der Waals surface area contributed by atoms with Gasteiger partial charge in [0.1, 0.15) is 11.9 Å². The number of amides is 1. The number of anilines is 1. The van der Waals surface area contributed by atoms with Crippen LogP contribution in [0.25, 0.3) is 0 Å². The maximum atomic E-state index is 13.1. The summed E-state index contributed by atoms with van der Waals surface area (Å²) in [5.74, 6) is 0.165. The average molecular weight is 236 g/mol. The number of carbonyl (C=O) groups is 1. The minimum absolute atomic E-state index is 0.157. The number of ether oxygens (including phenoxy) is 1. The molecule has 1 aliphatic rings. The molecule has 90 valence electrons. The number of hydrogen-bond acceptors (Lipinski definition) is 3. The summed E-state index contributed by atoms with van der Waals surface area (Å²) in [7, 11) is 0. The molecule has 1 atom stereocenters. The molecule has 0 saturated carbocycles. The van der Waals surface area contributed by atoms with Crippen molar-refractivity contribution in [1.82, 2.24) is 5.32 Å². The Kier molecular flexibility index (Phi) is 3.27. The van der Waals surface area contributed by atoms with Gasteiger partial charge >= 0.3 is 0 Å². The van der Waals surface area contributed by atoms with Crippen molar-refractivity contribution in [2.45, 2.75) is 6.10 Å². The number of nitrogens with zero attached hydrogens (tertiary/aromatic N) is 1. The molecular formula is C12H13FN2O2. The lowest BCUT2D eigenvalue weighted by molar-refractivity contribution is -0.109. The van der Waals surface area contributed by atoms with Gasteiger partial charge in [-0.05, 0) is 24.8 Å². The summed E-state index contributed by atoms with van der Waals surface area (Å²) in [6.07, 6.45) is 0.465. The molecule has 0 radical (unpaired) electrons. The lowest BCUT2D eigenvalue weighted by Crippen LogP contribution is -2.29. The Bertz CT molecular complexity index is 436. The highest BCUT2D eigenvalue weighted by atomic mass is 19.1. The molecule has 4 nitrogen and oxygen atoms in total. The van der Waals surface area contributed by atoms with E-state index in [0.29, 0.717) is 31.1 Å². The van der Waals surface area contributed by atoms with E-state index in [1.54, 1.807) is 17.0 Å². The molecular weight excluding hydrogens is 223 g/mol. The van der Waals surface area contributed by atoms with E-state index in [1.807, 2.05) is 0 Å². The van der Waals surface area contributed by atoms with E-state index >= 15 is 0 Å². The predicted molar refractivity (Wildman–Crippen MR) is 61.8 cm³/mol. The Morgan fingerprint density at radius 3 is 3.18 bits per heavy atom. The SMILES string of the molecule is C=C1O[C@@H](CNC=O)CN1c1cccc(F)c1. The molecule has 1 aromatic rings. The predicted octanol–water partition coefficient (Wildman–Crippen LogP) is 1.25. The molecule has 0 spiro atoms. The van der Waals surface area contributed by atoms with Gasteiger partial charge in [-0.2, -0.15) is 0 Å². The number of benzene rings is 1. The molecule has 0 aromatic heterocycles. The standard InChI is InChI=1S/C12H13FN2O2/c1-9-15(7-12(17-9)6-14-8-16)11-4-2-3-10(13)5-11/h2-5,8,12H,1,6-7H2,(H,14,16)/t12-/m0/s1. The van der Waals surface area contributed by atoms with Crippen molar-refractivity contribution in [2.75, 3.05) is 18.0 Å². The molecule has 0 bridgehead atoms. The highest BCUT2D eigenvalue weighted by Crippen LogP contribution is 2.26. The van der Waals surface area contributed by atoms with Gasteiger partial charge in [0.2, 0.25) is 6.41 Å². The first kappa shape index (κ1) is 11.4. The quantitative estimate of drug-likeness (QED) is 0.800. The fraction of sp³-hybridized carbons (Fsp3) is 0.250. The van der Waals surface area contributed by atoms with Crippen LogP contribution in [0.2, 0.25) is 0 Å². The summed E-state index contributed by atoms with van der Waals surface area (Å²) < 4.78 is 18.5. The third kappa shape index (κ3) is 2.55. The summed E-state index contributed by atoms with van der Waals surface area (Å²) in [6.45, 7) is 4.72. The zero-order valence-electron chi connectivity index (χ0n) is 9.23. The minimum Gasteiger partial charge on any atom is -0.472 e. The fourth-order valence-electron chi connectivity index (χ4n) is 1.78. The lowest BCUT2D eigenvalue weighted by atomic mass is 10.2. The second kappa shape index (κ2) is 4.86. The molecule has 1 amide bonds. The van der Waals surface area contributed by atoms with Crippen LogP contribution in [0.15, 0.2) is 36.7 Å². The molecule has 1 aliphatic heterocycles. The van der Waals surface area contributed by atoms with Crippen molar-refractivity contribution in [3.63, 3.8) is 0 Å². The van der Waals surface area contributed by atoms with Gasteiger partial charge in [-0.1, -0.05) is 6.07 Å². The summed E-state index contributed by atoms with van der Waals surface area (Å²) in [5.41, 5.74) is 0.698. The molecule has 1 aromatic carbocycles. The monoisotopic (exact) mass is 236 g/mol. The largest absolute Gasteiger partial charge is 0.472 e. The van der Waals surface area contributed by atoms with Gasteiger partial charge in [-0.15, -0.1) is 0 Å². The maximum Gasteiger partial charge on any atom is 0.207 e. The molecule has 5 heteroatoms. The second-order valence-electron chi connectivity index (χ2n) is 3.75. The first-order valence-corrected chi connectivity index (χ1v) is 5.26. The third-order valence-electron chi connectivity index (χ3n) is 2.54. The zero-order chi connectivity index (χ0) is 12.3. The van der Waals surface area contributed by atoms with Crippen molar-refractivity contribution in [1.29, 1.82) is 0 Å². The van der Waals surface area contributed by atoms with E-state index in [1.165, 1.54) is 12.1 Å². The Labute approximate surface area is 98.7 Å². The lowest BCUT2D eigenvalue weighted by Gasteiger charge is -2.15. The van der Waals surface area contributed by atoms with Crippen molar-refractivity contribution >= 4 is 12.1 Å². The molecule has 17 heavy (non-hydrogen) atoms. The van der Waals surface area contributed by atoms with Crippen LogP contribution in [0.5, 0.6) is 0 Å². The van der Waals surface area contributed by atoms with Gasteiger partial charge in [0.15, 0.2) is 5.88 Å². The zero-order valence-corrected chi connectivity index (χ0v) is 9.23. The first-order chi connectivity index (χ1) is 8.20. The maximum absolute atomic E-state index is 13.1. The van der Waals surface area contributed by atoms with E-state index < -0.39 is 0 Å². The van der Waals surface area contributed by atoms with Crippen molar-refractivity contribution in [3.05, 3.63) is 42.5 Å². The topological polar surface area (TPSA) is 41.6 Å². The van der Waals surface area contributed by atoms with Gasteiger partial charge in [0.25, 0.3) is 0 Å². The van der Waals surface area contributed by atoms with Crippen LogP contribution in [-0.4, -0.2) is 25.6 Å². The molecule has 1 saturated heterocycles. The summed E-state index contributed by atoms with van der Waals surface area (Å²) in [6, 6.07) is 6.22. The smallest absolute Gasteiger partial charge is 0.207 e. The van der Waals surface area contributed by atoms with Gasteiger partial charge in [-0.3, -0.25) is 4.79 Å². The summed E-state index contributed by atoms with van der Waals surface area (Å²) in [5, 5.41) is 2.55. The van der Waals surface area contributed by atoms with E-state index in [4.69, 9.17) is 4.74 Å². The van der Waals surface area contributed by atoms with Crippen LogP contribution >= 0.6 is 0 Å². The van der Waals surface area contributed by atoms with Crippen molar-refractivity contribution in [2.24, 2.45) is 0 Å². The molecule has 0 unspecified atom stereocenters. The first-order valence-electron chi connectivity index (χ1n) is 5.26. The van der Waals surface area contributed by atoms with E-state index in [-0.39, 0.29) is 11.9 Å². The van der Waals surface area contributed by atoms with Gasteiger partial charge in [-0.25, -0.2) is 4.39 Å². The summed E-state index contributed by atoms with van der Waals surface area (Å²) >= 11 is 0. The van der Waals surface area contributed by atoms with E-state index in [0.717, 1.165) is 0 Å². The normalized spacial score (nSPS) is 19.0. The van der Waals surface area contributed by atoms with Crippen LogP contribution in [-0.2, 0) is 9.53 Å². The number of carbonyl (C=O) groups excluding carboxylic acids is 1. The van der Waals surface area contributed by atoms with Gasteiger partial charge in [0.05, 0.1) is 13.1 Å². The number of halogens is 1. The van der Waals surface area contributed by atoms with Crippen LogP contribution in [0.1, 0.15) is 0 Å². The second-order valence-corrected chi connectivity index (χ2v) is 3.75. The molecule has 1 heterocycles. The van der Waals surface area contributed by atoms with E-state index in [9.17, 15) is 9.18 Å². The molecule has 1 N–H and O–H groups in total. The van der Waals surface area contributed by atoms with Crippen LogP contribution in [0, 0.1) is 5.82 Å². The third-order valence-corrected chi connectivity index (χ3v) is 2.54. The van der Waals surface area contributed by atoms with Gasteiger partial charge in [0, 0.05) is 5.69 Å². The molecule has 0 aliphatic carbocycles.